The van der Waals surface area contributed by atoms with E-state index in [1.807, 2.05) is 6.92 Å². The van der Waals surface area contributed by atoms with E-state index in [1.165, 1.54) is 6.07 Å². The van der Waals surface area contributed by atoms with Gasteiger partial charge in [-0.1, -0.05) is 31.9 Å². The Hall–Kier alpha value is -2.07. The van der Waals surface area contributed by atoms with E-state index in [-0.39, 0.29) is 16.6 Å². The molecule has 1 heterocycles. The molecule has 148 valence electrons. The number of carbonyl (C=O) groups excluding carboxylic acids is 1. The molecular formula is C17H20F2N2O4S2. The molecule has 0 aliphatic heterocycles. The average molecular weight is 418 g/mol. The van der Waals surface area contributed by atoms with Crippen LogP contribution in [0, 0.1) is 0 Å². The molecular weight excluding hydrogens is 398 g/mol. The summed E-state index contributed by atoms with van der Waals surface area (Å²) in [7, 11) is -3.48. The molecule has 0 saturated heterocycles. The van der Waals surface area contributed by atoms with Crippen LogP contribution in [-0.4, -0.2) is 37.4 Å². The Morgan fingerprint density at radius 3 is 2.74 bits per heavy atom. The van der Waals surface area contributed by atoms with Gasteiger partial charge in [-0.3, -0.25) is 4.79 Å². The van der Waals surface area contributed by atoms with Gasteiger partial charge < -0.3 is 10.1 Å². The fourth-order valence-electron chi connectivity index (χ4n) is 2.33. The Kier molecular flexibility index (Phi) is 7.66. The summed E-state index contributed by atoms with van der Waals surface area (Å²) in [6.45, 7) is -1.01. The highest BCUT2D eigenvalue weighted by Gasteiger charge is 2.18. The monoisotopic (exact) mass is 418 g/mol. The third-order valence-corrected chi connectivity index (χ3v) is 5.91. The summed E-state index contributed by atoms with van der Waals surface area (Å²) < 4.78 is 53.3. The molecule has 1 N–H and O–H groups in total. The molecule has 0 saturated carbocycles. The van der Waals surface area contributed by atoms with Crippen LogP contribution in [0.3, 0.4) is 0 Å². The van der Waals surface area contributed by atoms with Gasteiger partial charge in [-0.25, -0.2) is 13.4 Å². The molecule has 0 bridgehead atoms. The van der Waals surface area contributed by atoms with Crippen LogP contribution in [0.25, 0.3) is 11.3 Å². The largest absolute Gasteiger partial charge is 0.434 e. The van der Waals surface area contributed by atoms with Gasteiger partial charge in [0.1, 0.15) is 11.5 Å². The zero-order chi connectivity index (χ0) is 19.9. The van der Waals surface area contributed by atoms with Gasteiger partial charge in [0.15, 0.2) is 15.0 Å². The first-order valence-corrected chi connectivity index (χ1v) is 11.0. The van der Waals surface area contributed by atoms with Crippen molar-refractivity contribution in [1.29, 1.82) is 0 Å². The van der Waals surface area contributed by atoms with Crippen molar-refractivity contribution in [3.63, 3.8) is 0 Å². The summed E-state index contributed by atoms with van der Waals surface area (Å²) in [6.07, 6.45) is 2.20. The predicted octanol–water partition coefficient (Wildman–Crippen LogP) is 3.96. The third-order valence-electron chi connectivity index (χ3n) is 3.54. The molecule has 1 amide bonds. The molecule has 0 spiro atoms. The second kappa shape index (κ2) is 9.75. The Balaban J connectivity index is 2.03. The molecule has 2 rings (SSSR count). The minimum atomic E-state index is -3.48. The number of hydrogen-bond donors (Lipinski definition) is 1. The first-order valence-electron chi connectivity index (χ1n) is 8.30. The number of ether oxygens (including phenoxy) is 1. The van der Waals surface area contributed by atoms with E-state index >= 15 is 0 Å². The van der Waals surface area contributed by atoms with Gasteiger partial charge in [-0.2, -0.15) is 8.78 Å². The van der Waals surface area contributed by atoms with E-state index in [4.69, 9.17) is 0 Å². The van der Waals surface area contributed by atoms with E-state index in [2.05, 4.69) is 15.0 Å². The van der Waals surface area contributed by atoms with E-state index in [0.29, 0.717) is 17.7 Å². The summed E-state index contributed by atoms with van der Waals surface area (Å²) >= 11 is 1.07. The van der Waals surface area contributed by atoms with Gasteiger partial charge in [0.2, 0.25) is 5.91 Å². The number of benzene rings is 1. The van der Waals surface area contributed by atoms with Gasteiger partial charge >= 0.3 is 6.61 Å². The highest BCUT2D eigenvalue weighted by molar-refractivity contribution is 7.92. The lowest BCUT2D eigenvalue weighted by atomic mass is 10.1. The summed E-state index contributed by atoms with van der Waals surface area (Å²) in [5.41, 5.74) is 0.694. The first-order chi connectivity index (χ1) is 12.8. The summed E-state index contributed by atoms with van der Waals surface area (Å²) in [5, 5.41) is 4.19. The standard InChI is InChI=1S/C17H20F2N2O4S2/c1-2-3-6-9-27(23,24)11-15(22)21-17-20-13(10-26-17)12-7-4-5-8-14(12)25-16(18)19/h4-5,7-8,10,16H,2-3,6,9,11H2,1H3,(H,20,21,22). The first kappa shape index (κ1) is 21.2. The van der Waals surface area contributed by atoms with Crippen LogP contribution in [0.5, 0.6) is 5.75 Å². The smallest absolute Gasteiger partial charge is 0.387 e. The molecule has 0 unspecified atom stereocenters. The molecule has 0 atom stereocenters. The third kappa shape index (κ3) is 6.87. The number of anilines is 1. The minimum Gasteiger partial charge on any atom is -0.434 e. The van der Waals surface area contributed by atoms with Crippen molar-refractivity contribution in [3.05, 3.63) is 29.6 Å². The van der Waals surface area contributed by atoms with E-state index in [1.54, 1.807) is 23.6 Å². The van der Waals surface area contributed by atoms with Crippen molar-refractivity contribution in [1.82, 2.24) is 4.98 Å². The van der Waals surface area contributed by atoms with Crippen molar-refractivity contribution >= 4 is 32.2 Å². The number of amides is 1. The molecule has 0 radical (unpaired) electrons. The molecule has 10 heteroatoms. The number of unbranched alkanes of at least 4 members (excludes halogenated alkanes) is 2. The number of carbonyl (C=O) groups is 1. The highest BCUT2D eigenvalue weighted by atomic mass is 32.2. The molecule has 2 aromatic rings. The number of halogens is 2. The Morgan fingerprint density at radius 1 is 1.30 bits per heavy atom. The van der Waals surface area contributed by atoms with Crippen molar-refractivity contribution in [2.45, 2.75) is 32.8 Å². The van der Waals surface area contributed by atoms with Crippen molar-refractivity contribution in [3.8, 4) is 17.0 Å². The lowest BCUT2D eigenvalue weighted by Gasteiger charge is -2.08. The molecule has 6 nitrogen and oxygen atoms in total. The lowest BCUT2D eigenvalue weighted by molar-refractivity contribution is -0.113. The maximum atomic E-state index is 12.5. The Labute approximate surface area is 160 Å². The number of sulfone groups is 1. The summed E-state index contributed by atoms with van der Waals surface area (Å²) in [5.74, 6) is -1.36. The van der Waals surface area contributed by atoms with Crippen LogP contribution < -0.4 is 10.1 Å². The second-order valence-corrected chi connectivity index (χ2v) is 8.80. The van der Waals surface area contributed by atoms with Gasteiger partial charge in [0, 0.05) is 10.9 Å². The fraction of sp³-hybridized carbons (Fsp3) is 0.412. The van der Waals surface area contributed by atoms with E-state index in [9.17, 15) is 22.0 Å². The van der Waals surface area contributed by atoms with Crippen molar-refractivity contribution in [2.24, 2.45) is 0 Å². The number of aromatic nitrogens is 1. The molecule has 27 heavy (non-hydrogen) atoms. The lowest BCUT2D eigenvalue weighted by Crippen LogP contribution is -2.24. The maximum Gasteiger partial charge on any atom is 0.387 e. The topological polar surface area (TPSA) is 85.4 Å². The average Bonchev–Trinajstić information content (AvgIpc) is 3.02. The molecule has 0 aliphatic rings. The molecule has 1 aromatic heterocycles. The normalized spacial score (nSPS) is 11.6. The summed E-state index contributed by atoms with van der Waals surface area (Å²) in [4.78, 5) is 16.1. The Morgan fingerprint density at radius 2 is 2.04 bits per heavy atom. The fourth-order valence-corrected chi connectivity index (χ4v) is 4.32. The second-order valence-electron chi connectivity index (χ2n) is 5.76. The molecule has 1 aromatic carbocycles. The van der Waals surface area contributed by atoms with Gasteiger partial charge in [-0.05, 0) is 18.6 Å². The SMILES string of the molecule is CCCCCS(=O)(=O)CC(=O)Nc1nc(-c2ccccc2OC(F)F)cs1. The van der Waals surface area contributed by atoms with Crippen LogP contribution >= 0.6 is 11.3 Å². The number of hydrogen-bond acceptors (Lipinski definition) is 6. The quantitative estimate of drug-likeness (QED) is 0.591. The van der Waals surface area contributed by atoms with Gasteiger partial charge in [0.25, 0.3) is 0 Å². The van der Waals surface area contributed by atoms with E-state index in [0.717, 1.165) is 24.2 Å². The van der Waals surface area contributed by atoms with Crippen LogP contribution in [0.4, 0.5) is 13.9 Å². The number of nitrogens with one attached hydrogen (secondary N) is 1. The minimum absolute atomic E-state index is 0.0320. The number of para-hydroxylation sites is 1. The molecule has 0 aliphatic carbocycles. The number of rotatable bonds is 10. The highest BCUT2D eigenvalue weighted by Crippen LogP contribution is 2.32. The molecule has 0 fully saturated rings. The van der Waals surface area contributed by atoms with E-state index < -0.39 is 28.1 Å². The van der Waals surface area contributed by atoms with Crippen LogP contribution in [0.15, 0.2) is 29.6 Å². The maximum absolute atomic E-state index is 12.5. The van der Waals surface area contributed by atoms with Crippen molar-refractivity contribution in [2.75, 3.05) is 16.8 Å². The Bertz CT molecular complexity index is 869. The summed E-state index contributed by atoms with van der Waals surface area (Å²) in [6, 6.07) is 6.16. The van der Waals surface area contributed by atoms with Gasteiger partial charge in [0.05, 0.1) is 11.4 Å². The number of alkyl halides is 2. The number of nitrogens with zero attached hydrogens (tertiary/aromatic N) is 1. The zero-order valence-corrected chi connectivity index (χ0v) is 16.3. The zero-order valence-electron chi connectivity index (χ0n) is 14.7. The van der Waals surface area contributed by atoms with Crippen LogP contribution in [0.1, 0.15) is 26.2 Å². The van der Waals surface area contributed by atoms with Crippen molar-refractivity contribution < 1.29 is 26.7 Å². The van der Waals surface area contributed by atoms with Gasteiger partial charge in [-0.15, -0.1) is 11.3 Å². The van der Waals surface area contributed by atoms with Crippen LogP contribution in [0.2, 0.25) is 0 Å². The number of thiazole rings is 1. The predicted molar refractivity (Wildman–Crippen MR) is 101 cm³/mol. The van der Waals surface area contributed by atoms with Crippen LogP contribution in [-0.2, 0) is 14.6 Å².